The first-order chi connectivity index (χ1) is 12.8. The number of methoxy groups -OCH3 is 1. The Morgan fingerprint density at radius 3 is 2.37 bits per heavy atom. The van der Waals surface area contributed by atoms with Gasteiger partial charge >= 0.3 is 6.09 Å². The number of benzene rings is 2. The molecule has 27 heavy (non-hydrogen) atoms. The molecule has 0 radical (unpaired) electrons. The van der Waals surface area contributed by atoms with Gasteiger partial charge in [0.1, 0.15) is 11.4 Å². The predicted molar refractivity (Wildman–Crippen MR) is 106 cm³/mol. The molecule has 0 aliphatic carbocycles. The number of nitrogens with zero attached hydrogens (tertiary/aromatic N) is 1. The van der Waals surface area contributed by atoms with Crippen LogP contribution in [0.1, 0.15) is 20.8 Å². The van der Waals surface area contributed by atoms with Crippen LogP contribution in [0.5, 0.6) is 5.75 Å². The van der Waals surface area contributed by atoms with E-state index in [2.05, 4.69) is 5.43 Å². The molecule has 1 amide bonds. The summed E-state index contributed by atoms with van der Waals surface area (Å²) in [6.07, 6.45) is -0.705. The van der Waals surface area contributed by atoms with Crippen molar-refractivity contribution in [2.75, 3.05) is 12.5 Å². The zero-order valence-electron chi connectivity index (χ0n) is 15.8. The first kappa shape index (κ1) is 18.5. The molecule has 6 heteroatoms. The van der Waals surface area contributed by atoms with Gasteiger partial charge in [0.2, 0.25) is 0 Å². The van der Waals surface area contributed by atoms with Crippen molar-refractivity contribution in [1.82, 2.24) is 4.68 Å². The molecule has 0 unspecified atom stereocenters. The number of aromatic nitrogens is 1. The minimum Gasteiger partial charge on any atom is -0.497 e. The van der Waals surface area contributed by atoms with Crippen LogP contribution in [0.15, 0.2) is 59.4 Å². The molecular weight excluding hydrogens is 344 g/mol. The molecule has 0 atom stereocenters. The topological polar surface area (TPSA) is 69.6 Å². The zero-order chi connectivity index (χ0) is 19.6. The van der Waals surface area contributed by atoms with Crippen molar-refractivity contribution in [2.24, 2.45) is 0 Å². The third-order valence-electron chi connectivity index (χ3n) is 3.90. The summed E-state index contributed by atoms with van der Waals surface area (Å²) in [5, 5.41) is 1.19. The van der Waals surface area contributed by atoms with E-state index in [-0.39, 0.29) is 5.56 Å². The molecule has 0 fully saturated rings. The van der Waals surface area contributed by atoms with Gasteiger partial charge in [-0.25, -0.2) is 14.9 Å². The second kappa shape index (κ2) is 7.15. The maximum atomic E-state index is 13.1. The minimum atomic E-state index is -0.705. The summed E-state index contributed by atoms with van der Waals surface area (Å²) in [6, 6.07) is 16.5. The molecule has 1 aromatic heterocycles. The van der Waals surface area contributed by atoms with Crippen LogP contribution in [0.2, 0.25) is 0 Å². The summed E-state index contributed by atoms with van der Waals surface area (Å²) < 4.78 is 11.7. The second-order valence-corrected chi connectivity index (χ2v) is 7.10. The van der Waals surface area contributed by atoms with Gasteiger partial charge in [-0.1, -0.05) is 36.4 Å². The van der Waals surface area contributed by atoms with Crippen molar-refractivity contribution >= 4 is 16.9 Å². The number of hydrogen-bond acceptors (Lipinski definition) is 4. The maximum Gasteiger partial charge on any atom is 0.427 e. The van der Waals surface area contributed by atoms with E-state index < -0.39 is 11.7 Å². The lowest BCUT2D eigenvalue weighted by Crippen LogP contribution is -2.37. The van der Waals surface area contributed by atoms with Crippen molar-refractivity contribution in [2.45, 2.75) is 26.4 Å². The fraction of sp³-hybridized carbons (Fsp3) is 0.238. The average Bonchev–Trinajstić information content (AvgIpc) is 2.63. The molecule has 0 aliphatic rings. The lowest BCUT2D eigenvalue weighted by Gasteiger charge is -2.21. The van der Waals surface area contributed by atoms with E-state index in [1.54, 1.807) is 32.9 Å². The monoisotopic (exact) mass is 366 g/mol. The lowest BCUT2D eigenvalue weighted by atomic mass is 10.1. The highest BCUT2D eigenvalue weighted by Crippen LogP contribution is 2.24. The Kier molecular flexibility index (Phi) is 4.90. The Labute approximate surface area is 157 Å². The van der Waals surface area contributed by atoms with E-state index in [0.717, 1.165) is 10.9 Å². The largest absolute Gasteiger partial charge is 0.497 e. The number of pyridine rings is 1. The highest BCUT2D eigenvalue weighted by atomic mass is 16.6. The van der Waals surface area contributed by atoms with Crippen molar-refractivity contribution in [3.05, 3.63) is 65.0 Å². The van der Waals surface area contributed by atoms with Crippen molar-refractivity contribution < 1.29 is 14.3 Å². The van der Waals surface area contributed by atoms with Gasteiger partial charge in [-0.05, 0) is 44.4 Å². The third kappa shape index (κ3) is 4.11. The van der Waals surface area contributed by atoms with Crippen LogP contribution in [0.3, 0.4) is 0 Å². The first-order valence-electron chi connectivity index (χ1n) is 8.58. The highest BCUT2D eigenvalue weighted by molar-refractivity contribution is 5.88. The molecule has 0 bridgehead atoms. The van der Waals surface area contributed by atoms with Gasteiger partial charge in [0.15, 0.2) is 0 Å². The average molecular weight is 366 g/mol. The van der Waals surface area contributed by atoms with Gasteiger partial charge in [-0.3, -0.25) is 4.79 Å². The van der Waals surface area contributed by atoms with Gasteiger partial charge in [-0.15, -0.1) is 0 Å². The van der Waals surface area contributed by atoms with Crippen LogP contribution < -0.4 is 15.7 Å². The summed E-state index contributed by atoms with van der Waals surface area (Å²) in [5.41, 5.74) is 2.88. The second-order valence-electron chi connectivity index (χ2n) is 7.10. The smallest absolute Gasteiger partial charge is 0.427 e. The summed E-state index contributed by atoms with van der Waals surface area (Å²) in [7, 11) is 1.54. The summed E-state index contributed by atoms with van der Waals surface area (Å²) >= 11 is 0. The van der Waals surface area contributed by atoms with E-state index in [4.69, 9.17) is 9.47 Å². The van der Waals surface area contributed by atoms with Gasteiger partial charge < -0.3 is 9.47 Å². The number of nitrogens with one attached hydrogen (secondary N) is 1. The van der Waals surface area contributed by atoms with Crippen molar-refractivity contribution in [1.29, 1.82) is 0 Å². The van der Waals surface area contributed by atoms with Crippen LogP contribution in [0, 0.1) is 0 Å². The fourth-order valence-corrected chi connectivity index (χ4v) is 2.74. The quantitative estimate of drug-likeness (QED) is 0.756. The number of carbonyl (C=O) groups is 1. The third-order valence-corrected chi connectivity index (χ3v) is 3.90. The Hall–Kier alpha value is -3.28. The molecule has 2 aromatic carbocycles. The van der Waals surface area contributed by atoms with Gasteiger partial charge in [-0.2, -0.15) is 0 Å². The van der Waals surface area contributed by atoms with Gasteiger partial charge in [0, 0.05) is 5.56 Å². The Bertz CT molecular complexity index is 1030. The summed E-state index contributed by atoms with van der Waals surface area (Å²) in [6.45, 7) is 5.29. The molecule has 1 heterocycles. The molecule has 0 saturated carbocycles. The Morgan fingerprint density at radius 1 is 1.04 bits per heavy atom. The predicted octanol–water partition coefficient (Wildman–Crippen LogP) is 4.16. The standard InChI is InChI=1S/C21H22N2O4/c1-21(2,3)27-20(25)22-23-18(14-8-6-5-7-9-14)12-15-10-11-16(26-4)13-17(15)19(23)24/h5-13H,1-4H3,(H,22,25). The van der Waals surface area contributed by atoms with Crippen molar-refractivity contribution in [3.8, 4) is 17.0 Å². The van der Waals surface area contributed by atoms with E-state index in [1.807, 2.05) is 42.5 Å². The van der Waals surface area contributed by atoms with E-state index in [0.29, 0.717) is 16.8 Å². The number of ether oxygens (including phenoxy) is 2. The molecule has 0 aliphatic heterocycles. The minimum absolute atomic E-state index is 0.365. The normalized spacial score (nSPS) is 11.3. The number of fused-ring (bicyclic) bond motifs is 1. The van der Waals surface area contributed by atoms with Crippen LogP contribution in [-0.2, 0) is 4.74 Å². The first-order valence-corrected chi connectivity index (χ1v) is 8.58. The van der Waals surface area contributed by atoms with E-state index in [9.17, 15) is 9.59 Å². The van der Waals surface area contributed by atoms with Crippen LogP contribution >= 0.6 is 0 Å². The zero-order valence-corrected chi connectivity index (χ0v) is 15.8. The maximum absolute atomic E-state index is 13.1. The molecule has 3 aromatic rings. The number of carbonyl (C=O) groups excluding carboxylic acids is 1. The Balaban J connectivity index is 2.19. The lowest BCUT2D eigenvalue weighted by molar-refractivity contribution is 0.0613. The van der Waals surface area contributed by atoms with Crippen LogP contribution in [0.25, 0.3) is 22.0 Å². The van der Waals surface area contributed by atoms with Crippen LogP contribution in [-0.4, -0.2) is 23.5 Å². The van der Waals surface area contributed by atoms with Gasteiger partial charge in [0.25, 0.3) is 5.56 Å². The molecule has 1 N–H and O–H groups in total. The number of rotatable bonds is 3. The number of amides is 1. The molecular formula is C21H22N2O4. The number of hydrogen-bond donors (Lipinski definition) is 1. The molecule has 3 rings (SSSR count). The molecule has 140 valence electrons. The molecule has 0 saturated heterocycles. The van der Waals surface area contributed by atoms with E-state index >= 15 is 0 Å². The molecule has 0 spiro atoms. The Morgan fingerprint density at radius 2 is 1.74 bits per heavy atom. The van der Waals surface area contributed by atoms with Crippen molar-refractivity contribution in [3.63, 3.8) is 0 Å². The molecule has 6 nitrogen and oxygen atoms in total. The van der Waals surface area contributed by atoms with E-state index in [1.165, 1.54) is 11.8 Å². The highest BCUT2D eigenvalue weighted by Gasteiger charge is 2.19. The van der Waals surface area contributed by atoms with Crippen LogP contribution in [0.4, 0.5) is 4.79 Å². The fourth-order valence-electron chi connectivity index (χ4n) is 2.74. The summed E-state index contributed by atoms with van der Waals surface area (Å²) in [5.74, 6) is 0.566. The SMILES string of the molecule is COc1ccc2cc(-c3ccccc3)n(NC(=O)OC(C)(C)C)c(=O)c2c1. The summed E-state index contributed by atoms with van der Waals surface area (Å²) in [4.78, 5) is 25.4. The van der Waals surface area contributed by atoms with Gasteiger partial charge in [0.05, 0.1) is 18.2 Å².